The fourth-order valence-corrected chi connectivity index (χ4v) is 2.53. The molecule has 98 valence electrons. The third kappa shape index (κ3) is 10.6. The summed E-state index contributed by atoms with van der Waals surface area (Å²) in [7, 11) is -0.642. The van der Waals surface area contributed by atoms with E-state index in [1.165, 1.54) is 12.8 Å². The molecule has 0 aromatic carbocycles. The van der Waals surface area contributed by atoms with E-state index in [1.54, 1.807) is 6.26 Å². The second kappa shape index (κ2) is 9.17. The molecule has 1 unspecified atom stereocenters. The van der Waals surface area contributed by atoms with Crippen molar-refractivity contribution in [1.82, 2.24) is 5.32 Å². The molecule has 1 N–H and O–H groups in total. The Bertz CT molecular complexity index is 182. The van der Waals surface area contributed by atoms with Crippen LogP contribution in [0.1, 0.15) is 47.0 Å². The van der Waals surface area contributed by atoms with Gasteiger partial charge in [0.15, 0.2) is 0 Å². The average Bonchev–Trinajstić information content (AvgIpc) is 2.09. The van der Waals surface area contributed by atoms with Crippen LogP contribution in [0.5, 0.6) is 0 Å². The fourth-order valence-electron chi connectivity index (χ4n) is 1.98. The summed E-state index contributed by atoms with van der Waals surface area (Å²) in [6, 6.07) is 0.630. The predicted molar refractivity (Wildman–Crippen MR) is 74.3 cm³/mol. The van der Waals surface area contributed by atoms with Gasteiger partial charge in [-0.2, -0.15) is 0 Å². The summed E-state index contributed by atoms with van der Waals surface area (Å²) in [5, 5.41) is 3.60. The van der Waals surface area contributed by atoms with Gasteiger partial charge < -0.3 is 5.32 Å². The Kier molecular flexibility index (Phi) is 9.24. The minimum absolute atomic E-state index is 0.630. The van der Waals surface area contributed by atoms with Gasteiger partial charge in [0.25, 0.3) is 0 Å². The molecule has 1 atom stereocenters. The van der Waals surface area contributed by atoms with E-state index in [1.807, 2.05) is 0 Å². The SMILES string of the molecule is CC(C)CC(CC(C)C)NCCCS(C)=O. The van der Waals surface area contributed by atoms with E-state index in [-0.39, 0.29) is 0 Å². The maximum atomic E-state index is 10.9. The molecular formula is C13H29NOS. The fraction of sp³-hybridized carbons (Fsp3) is 1.00. The van der Waals surface area contributed by atoms with Crippen LogP contribution in [0.4, 0.5) is 0 Å². The maximum Gasteiger partial charge on any atom is 0.0244 e. The lowest BCUT2D eigenvalue weighted by Gasteiger charge is -2.22. The Morgan fingerprint density at radius 3 is 1.94 bits per heavy atom. The van der Waals surface area contributed by atoms with Crippen LogP contribution in [-0.2, 0) is 10.8 Å². The molecule has 0 radical (unpaired) electrons. The molecule has 16 heavy (non-hydrogen) atoms. The first-order valence-corrected chi connectivity index (χ1v) is 8.18. The molecule has 0 rings (SSSR count). The summed E-state index contributed by atoms with van der Waals surface area (Å²) in [6.45, 7) is 10.1. The number of hydrogen-bond donors (Lipinski definition) is 1. The Morgan fingerprint density at radius 2 is 1.56 bits per heavy atom. The van der Waals surface area contributed by atoms with Crippen molar-refractivity contribution in [3.05, 3.63) is 0 Å². The minimum atomic E-state index is -0.642. The van der Waals surface area contributed by atoms with Crippen LogP contribution in [0.15, 0.2) is 0 Å². The average molecular weight is 247 g/mol. The largest absolute Gasteiger partial charge is 0.314 e. The standard InChI is InChI=1S/C13H29NOS/c1-11(2)9-13(10-12(3)4)14-7-6-8-16(5)15/h11-14H,6-10H2,1-5H3. The normalized spacial score (nSPS) is 14.0. The molecule has 0 aliphatic carbocycles. The highest BCUT2D eigenvalue weighted by Gasteiger charge is 2.11. The van der Waals surface area contributed by atoms with E-state index in [0.717, 1.165) is 30.6 Å². The van der Waals surface area contributed by atoms with Crippen molar-refractivity contribution in [3.63, 3.8) is 0 Å². The summed E-state index contributed by atoms with van der Waals surface area (Å²) in [6.07, 6.45) is 5.29. The molecule has 2 nitrogen and oxygen atoms in total. The van der Waals surface area contributed by atoms with Crippen LogP contribution in [0.2, 0.25) is 0 Å². The van der Waals surface area contributed by atoms with Gasteiger partial charge in [0.1, 0.15) is 0 Å². The first kappa shape index (κ1) is 16.1. The summed E-state index contributed by atoms with van der Waals surface area (Å²) >= 11 is 0. The van der Waals surface area contributed by atoms with Crippen molar-refractivity contribution < 1.29 is 4.21 Å². The Hall–Kier alpha value is 0.110. The van der Waals surface area contributed by atoms with Crippen molar-refractivity contribution >= 4 is 10.8 Å². The van der Waals surface area contributed by atoms with Crippen LogP contribution in [-0.4, -0.2) is 28.8 Å². The van der Waals surface area contributed by atoms with Gasteiger partial charge in [0, 0.05) is 28.9 Å². The second-order valence-corrected chi connectivity index (χ2v) is 7.10. The van der Waals surface area contributed by atoms with E-state index in [9.17, 15) is 4.21 Å². The van der Waals surface area contributed by atoms with Crippen LogP contribution in [0.25, 0.3) is 0 Å². The lowest BCUT2D eigenvalue weighted by atomic mass is 9.95. The van der Waals surface area contributed by atoms with E-state index < -0.39 is 10.8 Å². The summed E-state index contributed by atoms with van der Waals surface area (Å²) in [4.78, 5) is 0. The van der Waals surface area contributed by atoms with E-state index in [0.29, 0.717) is 6.04 Å². The van der Waals surface area contributed by atoms with Gasteiger partial charge in [-0.05, 0) is 37.6 Å². The monoisotopic (exact) mass is 247 g/mol. The quantitative estimate of drug-likeness (QED) is 0.635. The zero-order valence-electron chi connectivity index (χ0n) is 11.6. The lowest BCUT2D eigenvalue weighted by Crippen LogP contribution is -2.33. The van der Waals surface area contributed by atoms with Crippen LogP contribution >= 0.6 is 0 Å². The Balaban J connectivity index is 3.77. The second-order valence-electron chi connectivity index (χ2n) is 5.54. The molecule has 0 aromatic rings. The molecule has 3 heteroatoms. The molecule has 0 bridgehead atoms. The van der Waals surface area contributed by atoms with Crippen molar-refractivity contribution in [2.75, 3.05) is 18.6 Å². The molecule has 0 saturated heterocycles. The smallest absolute Gasteiger partial charge is 0.0244 e. The van der Waals surface area contributed by atoms with Gasteiger partial charge in [-0.3, -0.25) is 4.21 Å². The lowest BCUT2D eigenvalue weighted by molar-refractivity contribution is 0.360. The number of rotatable bonds is 9. The van der Waals surface area contributed by atoms with Gasteiger partial charge >= 0.3 is 0 Å². The van der Waals surface area contributed by atoms with Crippen LogP contribution < -0.4 is 5.32 Å². The van der Waals surface area contributed by atoms with E-state index >= 15 is 0 Å². The van der Waals surface area contributed by atoms with Crippen molar-refractivity contribution in [2.24, 2.45) is 11.8 Å². The summed E-state index contributed by atoms with van der Waals surface area (Å²) in [5.41, 5.74) is 0. The highest BCUT2D eigenvalue weighted by atomic mass is 32.2. The topological polar surface area (TPSA) is 29.1 Å². The highest BCUT2D eigenvalue weighted by molar-refractivity contribution is 7.84. The first-order chi connectivity index (χ1) is 7.41. The van der Waals surface area contributed by atoms with Gasteiger partial charge in [-0.1, -0.05) is 27.7 Å². The third-order valence-corrected chi connectivity index (χ3v) is 3.42. The Labute approximate surface area is 104 Å². The molecular weight excluding hydrogens is 218 g/mol. The van der Waals surface area contributed by atoms with Gasteiger partial charge in [0.2, 0.25) is 0 Å². The van der Waals surface area contributed by atoms with Crippen LogP contribution in [0, 0.1) is 11.8 Å². The molecule has 0 aromatic heterocycles. The predicted octanol–water partition coefficient (Wildman–Crippen LogP) is 2.81. The molecule has 0 saturated carbocycles. The molecule has 0 spiro atoms. The van der Waals surface area contributed by atoms with Crippen molar-refractivity contribution in [3.8, 4) is 0 Å². The third-order valence-electron chi connectivity index (χ3n) is 2.55. The number of nitrogens with one attached hydrogen (secondary N) is 1. The molecule has 0 amide bonds. The van der Waals surface area contributed by atoms with Gasteiger partial charge in [-0.15, -0.1) is 0 Å². The summed E-state index contributed by atoms with van der Waals surface area (Å²) in [5.74, 6) is 2.32. The van der Waals surface area contributed by atoms with Crippen LogP contribution in [0.3, 0.4) is 0 Å². The van der Waals surface area contributed by atoms with E-state index in [2.05, 4.69) is 33.0 Å². The van der Waals surface area contributed by atoms with Gasteiger partial charge in [0.05, 0.1) is 0 Å². The van der Waals surface area contributed by atoms with Crippen molar-refractivity contribution in [2.45, 2.75) is 53.0 Å². The van der Waals surface area contributed by atoms with Crippen molar-refractivity contribution in [1.29, 1.82) is 0 Å². The van der Waals surface area contributed by atoms with E-state index in [4.69, 9.17) is 0 Å². The Morgan fingerprint density at radius 1 is 1.06 bits per heavy atom. The first-order valence-electron chi connectivity index (χ1n) is 6.45. The minimum Gasteiger partial charge on any atom is -0.314 e. The molecule has 0 aliphatic rings. The highest BCUT2D eigenvalue weighted by Crippen LogP contribution is 2.13. The zero-order chi connectivity index (χ0) is 12.6. The molecule has 0 heterocycles. The zero-order valence-corrected chi connectivity index (χ0v) is 12.4. The number of hydrogen-bond acceptors (Lipinski definition) is 2. The van der Waals surface area contributed by atoms with Gasteiger partial charge in [-0.25, -0.2) is 0 Å². The molecule has 0 fully saturated rings. The summed E-state index contributed by atoms with van der Waals surface area (Å²) < 4.78 is 10.9. The maximum absolute atomic E-state index is 10.9. The molecule has 0 aliphatic heterocycles.